The van der Waals surface area contributed by atoms with E-state index in [0.717, 1.165) is 9.13 Å². The predicted octanol–water partition coefficient (Wildman–Crippen LogP) is 3.24. The van der Waals surface area contributed by atoms with Crippen LogP contribution in [0.5, 0.6) is 11.5 Å². The van der Waals surface area contributed by atoms with Crippen molar-refractivity contribution in [2.75, 3.05) is 14.2 Å². The van der Waals surface area contributed by atoms with Gasteiger partial charge in [-0.2, -0.15) is 0 Å². The van der Waals surface area contributed by atoms with Crippen LogP contribution in [0.25, 0.3) is 0 Å². The molecule has 0 fully saturated rings. The fourth-order valence-corrected chi connectivity index (χ4v) is 2.52. The lowest BCUT2D eigenvalue weighted by Crippen LogP contribution is -2.23. The largest absolute Gasteiger partial charge is 0.497 e. The first-order valence-electron chi connectivity index (χ1n) is 6.38. The minimum atomic E-state index is -0.0956. The minimum absolute atomic E-state index is 0.0956. The predicted molar refractivity (Wildman–Crippen MR) is 89.9 cm³/mol. The lowest BCUT2D eigenvalue weighted by molar-refractivity contribution is 0.0950. The van der Waals surface area contributed by atoms with Crippen molar-refractivity contribution in [2.45, 2.75) is 6.54 Å². The Bertz CT molecular complexity index is 621. The average Bonchev–Trinajstić information content (AvgIpc) is 2.52. The van der Waals surface area contributed by atoms with Crippen LogP contribution in [0.15, 0.2) is 42.5 Å². The Hall–Kier alpha value is -1.76. The summed E-state index contributed by atoms with van der Waals surface area (Å²) in [4.78, 5) is 12.2. The molecule has 1 amide bonds. The number of benzene rings is 2. The molecular weight excluding hydrogens is 381 g/mol. The molecular formula is C16H16INO3. The Morgan fingerprint density at radius 1 is 1.10 bits per heavy atom. The summed E-state index contributed by atoms with van der Waals surface area (Å²) < 4.78 is 11.4. The van der Waals surface area contributed by atoms with E-state index in [4.69, 9.17) is 9.47 Å². The molecule has 2 rings (SSSR count). The standard InChI is InChI=1S/C16H16INO3/c1-20-12-7-11(8-13(9-12)21-2)10-18-16(19)14-5-3-4-6-15(14)17/h3-9H,10H2,1-2H3,(H,18,19). The molecule has 4 nitrogen and oxygen atoms in total. The summed E-state index contributed by atoms with van der Waals surface area (Å²) in [7, 11) is 3.20. The monoisotopic (exact) mass is 397 g/mol. The third-order valence-corrected chi connectivity index (χ3v) is 3.92. The number of hydrogen-bond acceptors (Lipinski definition) is 3. The van der Waals surface area contributed by atoms with Crippen molar-refractivity contribution in [3.05, 3.63) is 57.2 Å². The molecule has 110 valence electrons. The zero-order valence-corrected chi connectivity index (χ0v) is 14.0. The number of rotatable bonds is 5. The van der Waals surface area contributed by atoms with Crippen molar-refractivity contribution in [3.8, 4) is 11.5 Å². The van der Waals surface area contributed by atoms with Gasteiger partial charge in [0, 0.05) is 16.2 Å². The van der Waals surface area contributed by atoms with Gasteiger partial charge in [-0.05, 0) is 52.4 Å². The molecule has 0 radical (unpaired) electrons. The molecule has 0 aliphatic rings. The van der Waals surface area contributed by atoms with Crippen LogP contribution in [0.4, 0.5) is 0 Å². The number of carbonyl (C=O) groups is 1. The highest BCUT2D eigenvalue weighted by Crippen LogP contribution is 2.22. The number of hydrogen-bond donors (Lipinski definition) is 1. The van der Waals surface area contributed by atoms with Crippen molar-refractivity contribution >= 4 is 28.5 Å². The molecule has 0 aliphatic carbocycles. The van der Waals surface area contributed by atoms with E-state index in [-0.39, 0.29) is 5.91 Å². The molecule has 2 aromatic carbocycles. The summed E-state index contributed by atoms with van der Waals surface area (Å²) in [5.41, 5.74) is 1.60. The van der Waals surface area contributed by atoms with Gasteiger partial charge in [-0.1, -0.05) is 12.1 Å². The molecule has 0 saturated heterocycles. The van der Waals surface area contributed by atoms with E-state index in [1.54, 1.807) is 20.3 Å². The Morgan fingerprint density at radius 3 is 2.29 bits per heavy atom. The Balaban J connectivity index is 2.09. The van der Waals surface area contributed by atoms with Crippen molar-refractivity contribution < 1.29 is 14.3 Å². The molecule has 0 bridgehead atoms. The third kappa shape index (κ3) is 4.10. The van der Waals surface area contributed by atoms with Gasteiger partial charge in [0.1, 0.15) is 11.5 Å². The van der Waals surface area contributed by atoms with Gasteiger partial charge in [0.25, 0.3) is 5.91 Å². The molecule has 2 aromatic rings. The van der Waals surface area contributed by atoms with Gasteiger partial charge in [-0.15, -0.1) is 0 Å². The quantitative estimate of drug-likeness (QED) is 0.789. The molecule has 5 heteroatoms. The van der Waals surface area contributed by atoms with Crippen LogP contribution in [-0.4, -0.2) is 20.1 Å². The van der Waals surface area contributed by atoms with Crippen LogP contribution in [0.1, 0.15) is 15.9 Å². The number of nitrogens with one attached hydrogen (secondary N) is 1. The van der Waals surface area contributed by atoms with Crippen LogP contribution in [0.3, 0.4) is 0 Å². The fourth-order valence-electron chi connectivity index (χ4n) is 1.89. The first kappa shape index (κ1) is 15.6. The van der Waals surface area contributed by atoms with Gasteiger partial charge in [0.2, 0.25) is 0 Å². The van der Waals surface area contributed by atoms with E-state index < -0.39 is 0 Å². The maximum Gasteiger partial charge on any atom is 0.252 e. The highest BCUT2D eigenvalue weighted by atomic mass is 127. The van der Waals surface area contributed by atoms with Crippen LogP contribution < -0.4 is 14.8 Å². The van der Waals surface area contributed by atoms with Gasteiger partial charge >= 0.3 is 0 Å². The SMILES string of the molecule is COc1cc(CNC(=O)c2ccccc2I)cc(OC)c1. The second-order valence-electron chi connectivity index (χ2n) is 4.38. The fraction of sp³-hybridized carbons (Fsp3) is 0.188. The lowest BCUT2D eigenvalue weighted by Gasteiger charge is -2.10. The Morgan fingerprint density at radius 2 is 1.71 bits per heavy atom. The molecule has 1 N–H and O–H groups in total. The van der Waals surface area contributed by atoms with E-state index in [0.29, 0.717) is 23.6 Å². The topological polar surface area (TPSA) is 47.6 Å². The summed E-state index contributed by atoms with van der Waals surface area (Å²) in [6, 6.07) is 13.0. The number of halogens is 1. The summed E-state index contributed by atoms with van der Waals surface area (Å²) in [6.45, 7) is 0.414. The average molecular weight is 397 g/mol. The van der Waals surface area contributed by atoms with Crippen molar-refractivity contribution in [2.24, 2.45) is 0 Å². The first-order valence-corrected chi connectivity index (χ1v) is 7.46. The number of amides is 1. The second-order valence-corrected chi connectivity index (χ2v) is 5.55. The van der Waals surface area contributed by atoms with E-state index in [9.17, 15) is 4.79 Å². The molecule has 0 aliphatic heterocycles. The third-order valence-electron chi connectivity index (χ3n) is 2.98. The number of methoxy groups -OCH3 is 2. The van der Waals surface area contributed by atoms with Gasteiger partial charge < -0.3 is 14.8 Å². The lowest BCUT2D eigenvalue weighted by atomic mass is 10.1. The second kappa shape index (κ2) is 7.31. The molecule has 21 heavy (non-hydrogen) atoms. The van der Waals surface area contributed by atoms with Crippen LogP contribution >= 0.6 is 22.6 Å². The molecule has 0 heterocycles. The maximum absolute atomic E-state index is 12.2. The van der Waals surface area contributed by atoms with E-state index in [2.05, 4.69) is 27.9 Å². The molecule has 0 aromatic heterocycles. The molecule has 0 atom stereocenters. The first-order chi connectivity index (χ1) is 10.1. The van der Waals surface area contributed by atoms with Crippen molar-refractivity contribution in [1.29, 1.82) is 0 Å². The van der Waals surface area contributed by atoms with Gasteiger partial charge in [-0.25, -0.2) is 0 Å². The van der Waals surface area contributed by atoms with Crippen LogP contribution in [-0.2, 0) is 6.54 Å². The smallest absolute Gasteiger partial charge is 0.252 e. The molecule has 0 saturated carbocycles. The maximum atomic E-state index is 12.2. The van der Waals surface area contributed by atoms with Crippen molar-refractivity contribution in [1.82, 2.24) is 5.32 Å². The summed E-state index contributed by atoms with van der Waals surface area (Å²) >= 11 is 2.15. The van der Waals surface area contributed by atoms with E-state index >= 15 is 0 Å². The minimum Gasteiger partial charge on any atom is -0.497 e. The number of carbonyl (C=O) groups excluding carboxylic acids is 1. The summed E-state index contributed by atoms with van der Waals surface area (Å²) in [5, 5.41) is 2.90. The Kier molecular flexibility index (Phi) is 5.44. The summed E-state index contributed by atoms with van der Waals surface area (Å²) in [6.07, 6.45) is 0. The van der Waals surface area contributed by atoms with E-state index in [1.807, 2.05) is 36.4 Å². The molecule has 0 unspecified atom stereocenters. The van der Waals surface area contributed by atoms with Crippen LogP contribution in [0, 0.1) is 3.57 Å². The summed E-state index contributed by atoms with van der Waals surface area (Å²) in [5.74, 6) is 1.31. The number of ether oxygens (including phenoxy) is 2. The zero-order valence-electron chi connectivity index (χ0n) is 11.9. The highest BCUT2D eigenvalue weighted by molar-refractivity contribution is 14.1. The van der Waals surface area contributed by atoms with Gasteiger partial charge in [0.05, 0.1) is 19.8 Å². The van der Waals surface area contributed by atoms with E-state index in [1.165, 1.54) is 0 Å². The van der Waals surface area contributed by atoms with Crippen molar-refractivity contribution in [3.63, 3.8) is 0 Å². The Labute approximate surface area is 137 Å². The van der Waals surface area contributed by atoms with Gasteiger partial charge in [0.15, 0.2) is 0 Å². The highest BCUT2D eigenvalue weighted by Gasteiger charge is 2.09. The zero-order chi connectivity index (χ0) is 15.2. The van der Waals surface area contributed by atoms with Crippen LogP contribution in [0.2, 0.25) is 0 Å². The molecule has 0 spiro atoms. The van der Waals surface area contributed by atoms with Gasteiger partial charge in [-0.3, -0.25) is 4.79 Å². The normalized spacial score (nSPS) is 10.0.